The third kappa shape index (κ3) is 5.68. The van der Waals surface area contributed by atoms with Gasteiger partial charge in [0.1, 0.15) is 11.4 Å². The van der Waals surface area contributed by atoms with Crippen molar-refractivity contribution in [3.05, 3.63) is 34.3 Å². The molecule has 0 spiro atoms. The van der Waals surface area contributed by atoms with Gasteiger partial charge in [-0.2, -0.15) is 5.10 Å². The first-order valence-electron chi connectivity index (χ1n) is 12.1. The Hall–Kier alpha value is -2.90. The SMILES string of the molecule is Cc1ncc(C2(O)CCC(N3CC(NC(=O)CNc4nn(C)c5ccc(OC(F)(F)F)cc45)C3)CC2)s1. The maximum atomic E-state index is 12.6. The molecule has 37 heavy (non-hydrogen) atoms. The number of aryl methyl sites for hydroxylation is 2. The number of fused-ring (bicyclic) bond motifs is 1. The van der Waals surface area contributed by atoms with Crippen LogP contribution in [-0.4, -0.2) is 68.8 Å². The zero-order valence-electron chi connectivity index (χ0n) is 20.5. The number of aromatic nitrogens is 3. The Balaban J connectivity index is 1.09. The van der Waals surface area contributed by atoms with Crippen molar-refractivity contribution >= 4 is 34.0 Å². The Morgan fingerprint density at radius 2 is 2.03 bits per heavy atom. The predicted octanol–water partition coefficient (Wildman–Crippen LogP) is 3.28. The average molecular weight is 539 g/mol. The van der Waals surface area contributed by atoms with Gasteiger partial charge in [0.25, 0.3) is 0 Å². The van der Waals surface area contributed by atoms with Gasteiger partial charge in [-0.05, 0) is 50.8 Å². The minimum absolute atomic E-state index is 0.0338. The van der Waals surface area contributed by atoms with Crippen molar-refractivity contribution in [2.45, 2.75) is 56.7 Å². The van der Waals surface area contributed by atoms with Gasteiger partial charge < -0.3 is 20.5 Å². The number of ether oxygens (including phenoxy) is 1. The number of amides is 1. The van der Waals surface area contributed by atoms with E-state index in [9.17, 15) is 23.1 Å². The van der Waals surface area contributed by atoms with Crippen LogP contribution in [0.4, 0.5) is 19.0 Å². The van der Waals surface area contributed by atoms with Crippen LogP contribution in [-0.2, 0) is 17.4 Å². The Kier molecular flexibility index (Phi) is 6.79. The summed E-state index contributed by atoms with van der Waals surface area (Å²) in [5, 5.41) is 22.6. The van der Waals surface area contributed by atoms with Gasteiger partial charge in [0.2, 0.25) is 5.91 Å². The van der Waals surface area contributed by atoms with Crippen molar-refractivity contribution in [1.29, 1.82) is 0 Å². The summed E-state index contributed by atoms with van der Waals surface area (Å²) in [5.74, 6) is -0.260. The van der Waals surface area contributed by atoms with Gasteiger partial charge in [0.05, 0.1) is 28.0 Å². The first-order valence-corrected chi connectivity index (χ1v) is 13.0. The molecule has 1 saturated carbocycles. The molecule has 5 rings (SSSR count). The molecule has 1 aliphatic carbocycles. The summed E-state index contributed by atoms with van der Waals surface area (Å²) in [6.45, 7) is 3.38. The number of hydrogen-bond donors (Lipinski definition) is 3. The smallest absolute Gasteiger partial charge is 0.406 e. The van der Waals surface area contributed by atoms with Crippen LogP contribution >= 0.6 is 11.3 Å². The van der Waals surface area contributed by atoms with Crippen molar-refractivity contribution in [3.8, 4) is 5.75 Å². The number of halogens is 3. The number of aliphatic hydroxyl groups is 1. The summed E-state index contributed by atoms with van der Waals surface area (Å²) < 4.78 is 43.3. The lowest BCUT2D eigenvalue weighted by Crippen LogP contribution is -2.63. The highest BCUT2D eigenvalue weighted by atomic mass is 32.1. The molecule has 2 aromatic heterocycles. The zero-order valence-corrected chi connectivity index (χ0v) is 21.3. The fraction of sp³-hybridized carbons (Fsp3) is 0.542. The molecule has 1 aromatic carbocycles. The van der Waals surface area contributed by atoms with E-state index in [-0.39, 0.29) is 24.2 Å². The second-order valence-electron chi connectivity index (χ2n) is 9.78. The molecule has 0 radical (unpaired) electrons. The van der Waals surface area contributed by atoms with Crippen LogP contribution in [0.15, 0.2) is 24.4 Å². The Labute approximate surface area is 215 Å². The highest BCUT2D eigenvalue weighted by Crippen LogP contribution is 2.41. The first kappa shape index (κ1) is 25.7. The molecule has 3 aromatic rings. The summed E-state index contributed by atoms with van der Waals surface area (Å²) >= 11 is 1.55. The molecular weight excluding hydrogens is 509 g/mol. The molecule has 1 aliphatic heterocycles. The maximum absolute atomic E-state index is 12.6. The van der Waals surface area contributed by atoms with Crippen LogP contribution in [0.2, 0.25) is 0 Å². The van der Waals surface area contributed by atoms with Crippen molar-refractivity contribution in [3.63, 3.8) is 0 Å². The summed E-state index contributed by atoms with van der Waals surface area (Å²) in [4.78, 5) is 20.1. The molecule has 1 saturated heterocycles. The number of thiazole rings is 1. The molecule has 2 aliphatic rings. The van der Waals surface area contributed by atoms with E-state index in [1.807, 2.05) is 6.92 Å². The van der Waals surface area contributed by atoms with E-state index in [4.69, 9.17) is 0 Å². The fourth-order valence-electron chi connectivity index (χ4n) is 5.19. The normalized spacial score (nSPS) is 23.1. The molecule has 0 bridgehead atoms. The van der Waals surface area contributed by atoms with Crippen LogP contribution in [0.5, 0.6) is 5.75 Å². The number of carbonyl (C=O) groups excluding carboxylic acids is 1. The lowest BCUT2D eigenvalue weighted by Gasteiger charge is -2.48. The number of hydrogen-bond acceptors (Lipinski definition) is 8. The van der Waals surface area contributed by atoms with Crippen molar-refractivity contribution in [2.75, 3.05) is 25.0 Å². The van der Waals surface area contributed by atoms with E-state index in [0.29, 0.717) is 35.6 Å². The van der Waals surface area contributed by atoms with Crippen LogP contribution in [0.1, 0.15) is 35.6 Å². The van der Waals surface area contributed by atoms with Crippen molar-refractivity contribution in [2.24, 2.45) is 7.05 Å². The molecule has 3 N–H and O–H groups in total. The number of benzene rings is 1. The largest absolute Gasteiger partial charge is 0.573 e. The van der Waals surface area contributed by atoms with E-state index >= 15 is 0 Å². The molecule has 1 amide bonds. The van der Waals surface area contributed by atoms with Gasteiger partial charge in [0.15, 0.2) is 5.82 Å². The quantitative estimate of drug-likeness (QED) is 0.424. The lowest BCUT2D eigenvalue weighted by atomic mass is 9.80. The molecule has 2 fully saturated rings. The molecule has 200 valence electrons. The number of carbonyl (C=O) groups is 1. The van der Waals surface area contributed by atoms with Gasteiger partial charge >= 0.3 is 6.36 Å². The van der Waals surface area contributed by atoms with Gasteiger partial charge in [-0.3, -0.25) is 14.4 Å². The van der Waals surface area contributed by atoms with Crippen LogP contribution < -0.4 is 15.4 Å². The third-order valence-corrected chi connectivity index (χ3v) is 8.23. The highest BCUT2D eigenvalue weighted by Gasteiger charge is 2.41. The molecule has 0 atom stereocenters. The monoisotopic (exact) mass is 538 g/mol. The topological polar surface area (TPSA) is 105 Å². The van der Waals surface area contributed by atoms with Crippen LogP contribution in [0.25, 0.3) is 10.9 Å². The molecule has 0 unspecified atom stereocenters. The zero-order chi connectivity index (χ0) is 26.4. The van der Waals surface area contributed by atoms with E-state index in [0.717, 1.165) is 35.8 Å². The first-order chi connectivity index (χ1) is 17.5. The lowest BCUT2D eigenvalue weighted by molar-refractivity contribution is -0.274. The predicted molar refractivity (Wildman–Crippen MR) is 132 cm³/mol. The third-order valence-electron chi connectivity index (χ3n) is 7.13. The summed E-state index contributed by atoms with van der Waals surface area (Å²) in [6.07, 6.45) is 0.173. The number of likely N-dealkylation sites (tertiary alicyclic amines) is 1. The standard InChI is InChI=1S/C24H29F3N6O3S/c1-14-28-10-20(37-14)23(35)7-5-16(6-8-23)33-12-15(13-33)30-21(34)11-29-22-18-9-17(36-24(25,26)27)3-4-19(18)32(2)31-22/h3-4,9-10,15-16,35H,5-8,11-13H2,1-2H3,(H,29,31)(H,30,34). The van der Waals surface area contributed by atoms with E-state index in [1.54, 1.807) is 24.6 Å². The summed E-state index contributed by atoms with van der Waals surface area (Å²) in [7, 11) is 1.67. The van der Waals surface area contributed by atoms with Gasteiger partial charge in [-0.15, -0.1) is 24.5 Å². The van der Waals surface area contributed by atoms with Crippen LogP contribution in [0.3, 0.4) is 0 Å². The molecular formula is C24H29F3N6O3S. The van der Waals surface area contributed by atoms with Crippen molar-refractivity contribution in [1.82, 2.24) is 25.0 Å². The van der Waals surface area contributed by atoms with E-state index in [1.165, 1.54) is 22.9 Å². The molecule has 9 nitrogen and oxygen atoms in total. The Morgan fingerprint density at radius 3 is 2.68 bits per heavy atom. The van der Waals surface area contributed by atoms with Crippen LogP contribution in [0, 0.1) is 6.92 Å². The Morgan fingerprint density at radius 1 is 1.30 bits per heavy atom. The number of rotatable bonds is 7. The molecule has 3 heterocycles. The van der Waals surface area contributed by atoms with Crippen molar-refractivity contribution < 1.29 is 27.8 Å². The highest BCUT2D eigenvalue weighted by molar-refractivity contribution is 7.11. The fourth-order valence-corrected chi connectivity index (χ4v) is 6.11. The Bertz CT molecular complexity index is 1280. The molecule has 13 heteroatoms. The summed E-state index contributed by atoms with van der Waals surface area (Å²) in [5.41, 5.74) is -0.182. The average Bonchev–Trinajstić information content (AvgIpc) is 3.38. The van der Waals surface area contributed by atoms with Gasteiger partial charge in [-0.25, -0.2) is 4.98 Å². The van der Waals surface area contributed by atoms with E-state index < -0.39 is 12.0 Å². The van der Waals surface area contributed by atoms with Gasteiger partial charge in [-0.1, -0.05) is 0 Å². The second kappa shape index (κ2) is 9.76. The second-order valence-corrected chi connectivity index (χ2v) is 11.0. The minimum Gasteiger partial charge on any atom is -0.406 e. The van der Waals surface area contributed by atoms with E-state index in [2.05, 4.69) is 30.4 Å². The number of nitrogens with one attached hydrogen (secondary N) is 2. The maximum Gasteiger partial charge on any atom is 0.573 e. The van der Waals surface area contributed by atoms with Gasteiger partial charge in [0, 0.05) is 37.8 Å². The minimum atomic E-state index is -4.79. The number of alkyl halides is 3. The number of nitrogens with zero attached hydrogens (tertiary/aromatic N) is 4. The number of anilines is 1. The summed E-state index contributed by atoms with van der Waals surface area (Å²) in [6, 6.07) is 4.38.